The highest BCUT2D eigenvalue weighted by molar-refractivity contribution is 7.14. The van der Waals surface area contributed by atoms with E-state index in [1.54, 1.807) is 0 Å². The van der Waals surface area contributed by atoms with Crippen LogP contribution in [0.5, 0.6) is 23.0 Å². The van der Waals surface area contributed by atoms with Gasteiger partial charge in [0.05, 0.1) is 12.1 Å². The standard InChI is InChI=1S/C20H16N2O5S/c23-19(8-12-1-3-16-17(7-12)27-11-26-16)22-20-21-14(10-28-20)13-2-4-15-18(9-13)25-6-5-24-15/h1-4,7,9-10H,5-6,8,11H2,(H,21,22,23). The van der Waals surface area contributed by atoms with Crippen molar-refractivity contribution in [2.24, 2.45) is 0 Å². The van der Waals surface area contributed by atoms with Crippen molar-refractivity contribution >= 4 is 22.4 Å². The van der Waals surface area contributed by atoms with Crippen LogP contribution in [-0.2, 0) is 11.2 Å². The first kappa shape index (κ1) is 16.9. The van der Waals surface area contributed by atoms with Gasteiger partial charge < -0.3 is 24.3 Å². The van der Waals surface area contributed by atoms with Gasteiger partial charge in [0.2, 0.25) is 12.7 Å². The summed E-state index contributed by atoms with van der Waals surface area (Å²) >= 11 is 1.38. The van der Waals surface area contributed by atoms with Crippen molar-refractivity contribution in [2.75, 3.05) is 25.3 Å². The van der Waals surface area contributed by atoms with E-state index >= 15 is 0 Å². The molecule has 0 saturated carbocycles. The summed E-state index contributed by atoms with van der Waals surface area (Å²) in [6, 6.07) is 11.2. The average Bonchev–Trinajstić information content (AvgIpc) is 3.36. The lowest BCUT2D eigenvalue weighted by atomic mass is 10.1. The topological polar surface area (TPSA) is 78.9 Å². The Kier molecular flexibility index (Phi) is 4.25. The number of anilines is 1. The van der Waals surface area contributed by atoms with Crippen molar-refractivity contribution in [1.82, 2.24) is 4.98 Å². The summed E-state index contributed by atoms with van der Waals surface area (Å²) < 4.78 is 21.8. The van der Waals surface area contributed by atoms with Gasteiger partial charge in [-0.25, -0.2) is 4.98 Å². The molecule has 3 heterocycles. The number of amides is 1. The fourth-order valence-corrected chi connectivity index (χ4v) is 3.80. The molecule has 28 heavy (non-hydrogen) atoms. The molecule has 5 rings (SSSR count). The summed E-state index contributed by atoms with van der Waals surface area (Å²) in [5.74, 6) is 2.68. The highest BCUT2D eigenvalue weighted by Gasteiger charge is 2.16. The third kappa shape index (κ3) is 3.34. The van der Waals surface area contributed by atoms with E-state index in [1.165, 1.54) is 11.3 Å². The minimum Gasteiger partial charge on any atom is -0.486 e. The minimum absolute atomic E-state index is 0.137. The minimum atomic E-state index is -0.137. The van der Waals surface area contributed by atoms with E-state index < -0.39 is 0 Å². The fourth-order valence-electron chi connectivity index (χ4n) is 3.07. The Morgan fingerprint density at radius 3 is 2.64 bits per heavy atom. The highest BCUT2D eigenvalue weighted by Crippen LogP contribution is 2.35. The van der Waals surface area contributed by atoms with E-state index in [-0.39, 0.29) is 19.1 Å². The van der Waals surface area contributed by atoms with Crippen molar-refractivity contribution in [3.8, 4) is 34.3 Å². The van der Waals surface area contributed by atoms with Crippen LogP contribution in [0.1, 0.15) is 5.56 Å². The summed E-state index contributed by atoms with van der Waals surface area (Å²) in [5.41, 5.74) is 2.54. The maximum atomic E-state index is 12.4. The van der Waals surface area contributed by atoms with Crippen LogP contribution in [0, 0.1) is 0 Å². The molecule has 0 bridgehead atoms. The van der Waals surface area contributed by atoms with Crippen LogP contribution in [0.2, 0.25) is 0 Å². The van der Waals surface area contributed by atoms with Gasteiger partial charge in [-0.15, -0.1) is 11.3 Å². The molecular formula is C20H16N2O5S. The predicted octanol–water partition coefficient (Wildman–Crippen LogP) is 3.49. The third-order valence-electron chi connectivity index (χ3n) is 4.39. The van der Waals surface area contributed by atoms with Gasteiger partial charge in [0.25, 0.3) is 0 Å². The monoisotopic (exact) mass is 396 g/mol. The van der Waals surface area contributed by atoms with Gasteiger partial charge in [-0.1, -0.05) is 6.07 Å². The fraction of sp³-hybridized carbons (Fsp3) is 0.200. The maximum absolute atomic E-state index is 12.4. The molecule has 142 valence electrons. The Hall–Kier alpha value is -3.26. The number of nitrogens with one attached hydrogen (secondary N) is 1. The molecule has 1 N–H and O–H groups in total. The van der Waals surface area contributed by atoms with Crippen LogP contribution in [0.15, 0.2) is 41.8 Å². The van der Waals surface area contributed by atoms with Crippen molar-refractivity contribution < 1.29 is 23.7 Å². The molecule has 2 aromatic carbocycles. The molecule has 1 aromatic heterocycles. The lowest BCUT2D eigenvalue weighted by Crippen LogP contribution is -2.15. The van der Waals surface area contributed by atoms with E-state index in [0.717, 1.165) is 22.6 Å². The molecule has 8 heteroatoms. The summed E-state index contributed by atoms with van der Waals surface area (Å²) in [6.45, 7) is 1.31. The predicted molar refractivity (Wildman–Crippen MR) is 103 cm³/mol. The van der Waals surface area contributed by atoms with Crippen LogP contribution in [0.3, 0.4) is 0 Å². The molecule has 0 atom stereocenters. The number of fused-ring (bicyclic) bond motifs is 2. The van der Waals surface area contributed by atoms with Crippen molar-refractivity contribution in [2.45, 2.75) is 6.42 Å². The molecule has 0 unspecified atom stereocenters. The van der Waals surface area contributed by atoms with Crippen LogP contribution in [0.25, 0.3) is 11.3 Å². The molecule has 0 saturated heterocycles. The Morgan fingerprint density at radius 1 is 0.964 bits per heavy atom. The number of rotatable bonds is 4. The zero-order valence-electron chi connectivity index (χ0n) is 14.8. The highest BCUT2D eigenvalue weighted by atomic mass is 32.1. The SMILES string of the molecule is O=C(Cc1ccc2c(c1)OCO2)Nc1nc(-c2ccc3c(c2)OCCO3)cs1. The summed E-state index contributed by atoms with van der Waals surface area (Å²) in [5, 5.41) is 5.31. The summed E-state index contributed by atoms with van der Waals surface area (Å²) in [6.07, 6.45) is 0.232. The summed E-state index contributed by atoms with van der Waals surface area (Å²) in [7, 11) is 0. The second-order valence-electron chi connectivity index (χ2n) is 6.31. The number of hydrogen-bond donors (Lipinski definition) is 1. The van der Waals surface area contributed by atoms with Crippen molar-refractivity contribution in [3.05, 3.63) is 47.3 Å². The number of hydrogen-bond acceptors (Lipinski definition) is 7. The van der Waals surface area contributed by atoms with Crippen molar-refractivity contribution in [1.29, 1.82) is 0 Å². The van der Waals surface area contributed by atoms with Crippen LogP contribution in [-0.4, -0.2) is 30.9 Å². The van der Waals surface area contributed by atoms with Gasteiger partial charge >= 0.3 is 0 Å². The molecule has 0 radical (unpaired) electrons. The molecule has 3 aromatic rings. The van der Waals surface area contributed by atoms with Gasteiger partial charge in [0.1, 0.15) is 13.2 Å². The number of carbonyl (C=O) groups excluding carboxylic acids is 1. The first-order valence-electron chi connectivity index (χ1n) is 8.78. The Morgan fingerprint density at radius 2 is 1.71 bits per heavy atom. The zero-order valence-corrected chi connectivity index (χ0v) is 15.6. The van der Waals surface area contributed by atoms with E-state index in [4.69, 9.17) is 18.9 Å². The normalized spacial score (nSPS) is 14.0. The number of ether oxygens (including phenoxy) is 4. The molecule has 1 amide bonds. The first-order valence-corrected chi connectivity index (χ1v) is 9.66. The van der Waals surface area contributed by atoms with Gasteiger partial charge in [-0.05, 0) is 35.9 Å². The number of aromatic nitrogens is 1. The smallest absolute Gasteiger partial charge is 0.231 e. The number of nitrogens with zero attached hydrogens (tertiary/aromatic N) is 1. The Labute approximate surface area is 164 Å². The Bertz CT molecular complexity index is 1050. The van der Waals surface area contributed by atoms with E-state index in [0.29, 0.717) is 35.6 Å². The molecule has 0 fully saturated rings. The Balaban J connectivity index is 1.27. The van der Waals surface area contributed by atoms with E-state index in [1.807, 2.05) is 41.8 Å². The number of thiazole rings is 1. The molecule has 0 aliphatic carbocycles. The van der Waals surface area contributed by atoms with Crippen LogP contribution >= 0.6 is 11.3 Å². The molecule has 7 nitrogen and oxygen atoms in total. The lowest BCUT2D eigenvalue weighted by molar-refractivity contribution is -0.115. The van der Waals surface area contributed by atoms with Crippen LogP contribution in [0.4, 0.5) is 5.13 Å². The first-order chi connectivity index (χ1) is 13.7. The molecule has 2 aliphatic rings. The quantitative estimate of drug-likeness (QED) is 0.727. The van der Waals surface area contributed by atoms with Crippen molar-refractivity contribution in [3.63, 3.8) is 0 Å². The number of benzene rings is 2. The number of carbonyl (C=O) groups is 1. The van der Waals surface area contributed by atoms with E-state index in [2.05, 4.69) is 10.3 Å². The second kappa shape index (κ2) is 7.05. The largest absolute Gasteiger partial charge is 0.486 e. The molecule has 0 spiro atoms. The zero-order chi connectivity index (χ0) is 18.9. The maximum Gasteiger partial charge on any atom is 0.231 e. The molecule has 2 aliphatic heterocycles. The third-order valence-corrected chi connectivity index (χ3v) is 5.15. The van der Waals surface area contributed by atoms with Gasteiger partial charge in [-0.2, -0.15) is 0 Å². The van der Waals surface area contributed by atoms with E-state index in [9.17, 15) is 4.79 Å². The van der Waals surface area contributed by atoms with Gasteiger partial charge in [0.15, 0.2) is 28.1 Å². The van der Waals surface area contributed by atoms with Gasteiger partial charge in [-0.3, -0.25) is 4.79 Å². The van der Waals surface area contributed by atoms with Gasteiger partial charge in [0, 0.05) is 10.9 Å². The molecular weight excluding hydrogens is 380 g/mol. The van der Waals surface area contributed by atoms with Crippen LogP contribution < -0.4 is 24.3 Å². The average molecular weight is 396 g/mol. The summed E-state index contributed by atoms with van der Waals surface area (Å²) in [4.78, 5) is 16.9. The second-order valence-corrected chi connectivity index (χ2v) is 7.17. The lowest BCUT2D eigenvalue weighted by Gasteiger charge is -2.18.